The van der Waals surface area contributed by atoms with Crippen molar-refractivity contribution in [1.29, 1.82) is 0 Å². The zero-order valence-corrected chi connectivity index (χ0v) is 7.07. The van der Waals surface area contributed by atoms with Gasteiger partial charge in [0.1, 0.15) is 0 Å². The summed E-state index contributed by atoms with van der Waals surface area (Å²) < 4.78 is 80.6. The lowest BCUT2D eigenvalue weighted by molar-refractivity contribution is -0.364. The van der Waals surface area contributed by atoms with Crippen molar-refractivity contribution in [3.05, 3.63) is 0 Å². The van der Waals surface area contributed by atoms with E-state index in [-0.39, 0.29) is 0 Å². The zero-order chi connectivity index (χ0) is 12.1. The lowest BCUT2D eigenvalue weighted by atomic mass is 9.96. The highest BCUT2D eigenvalue weighted by molar-refractivity contribution is 5.64. The predicted octanol–water partition coefficient (Wildman–Crippen LogP) is 2.41. The minimum Gasteiger partial charge on any atom is -0.426 e. The average Bonchev–Trinajstić information content (AvgIpc) is 2.23. The van der Waals surface area contributed by atoms with Gasteiger partial charge in [0.2, 0.25) is 0 Å². The highest BCUT2D eigenvalue weighted by atomic mass is 19.4. The van der Waals surface area contributed by atoms with Crippen LogP contribution in [0.3, 0.4) is 0 Å². The van der Waals surface area contributed by atoms with Crippen molar-refractivity contribution in [2.24, 2.45) is 0 Å². The van der Waals surface area contributed by atoms with Gasteiger partial charge in [0.05, 0.1) is 0 Å². The van der Waals surface area contributed by atoms with Crippen molar-refractivity contribution in [3.8, 4) is 0 Å². The van der Waals surface area contributed by atoms with Gasteiger partial charge in [0.25, 0.3) is 0 Å². The van der Waals surface area contributed by atoms with E-state index in [0.717, 1.165) is 0 Å². The molecule has 0 aromatic rings. The third kappa shape index (κ3) is 1.49. The molecule has 1 fully saturated rings. The van der Waals surface area contributed by atoms with E-state index in [1.807, 2.05) is 0 Å². The Hall–Kier alpha value is -1.15. The molecule has 0 saturated carbocycles. The molecule has 3 nitrogen and oxygen atoms in total. The first-order valence-corrected chi connectivity index (χ1v) is 3.55. The van der Waals surface area contributed by atoms with Gasteiger partial charge in [-0.05, 0) is 6.92 Å². The second kappa shape index (κ2) is 2.92. The van der Waals surface area contributed by atoms with E-state index in [0.29, 0.717) is 6.92 Å². The molecular weight excluding hydrogens is 234 g/mol. The summed E-state index contributed by atoms with van der Waals surface area (Å²) >= 11 is 0. The smallest absolute Gasteiger partial charge is 0.426 e. The topological polar surface area (TPSA) is 35.5 Å². The highest BCUT2D eigenvalue weighted by Crippen LogP contribution is 2.51. The molecule has 1 saturated heterocycles. The van der Waals surface area contributed by atoms with Crippen LogP contribution in [-0.2, 0) is 9.47 Å². The van der Waals surface area contributed by atoms with Gasteiger partial charge in [0, 0.05) is 0 Å². The number of halogens is 6. The first-order chi connectivity index (χ1) is 6.52. The average molecular weight is 238 g/mol. The Labute approximate surface area is 78.9 Å². The van der Waals surface area contributed by atoms with Gasteiger partial charge in [-0.2, -0.15) is 26.3 Å². The largest absolute Gasteiger partial charge is 0.510 e. The van der Waals surface area contributed by atoms with Crippen LogP contribution < -0.4 is 0 Å². The number of hydrogen-bond donors (Lipinski definition) is 0. The SMILES string of the molecule is CC1OC(=O)OC1(C(F)(F)F)C(F)(F)F. The Bertz CT molecular complexity index is 266. The second-order valence-corrected chi connectivity index (χ2v) is 2.84. The summed E-state index contributed by atoms with van der Waals surface area (Å²) in [5, 5.41) is 0. The van der Waals surface area contributed by atoms with Crippen molar-refractivity contribution in [2.45, 2.75) is 31.0 Å². The zero-order valence-electron chi connectivity index (χ0n) is 7.07. The van der Waals surface area contributed by atoms with Crippen molar-refractivity contribution >= 4 is 6.16 Å². The van der Waals surface area contributed by atoms with E-state index >= 15 is 0 Å². The maximum atomic E-state index is 12.3. The van der Waals surface area contributed by atoms with Gasteiger partial charge in [-0.1, -0.05) is 0 Å². The quantitative estimate of drug-likeness (QED) is 0.480. The molecule has 1 aliphatic heterocycles. The second-order valence-electron chi connectivity index (χ2n) is 2.84. The summed E-state index contributed by atoms with van der Waals surface area (Å²) in [5.74, 6) is 0. The van der Waals surface area contributed by atoms with Gasteiger partial charge >= 0.3 is 24.1 Å². The molecule has 0 aliphatic carbocycles. The van der Waals surface area contributed by atoms with Gasteiger partial charge < -0.3 is 9.47 Å². The fourth-order valence-electron chi connectivity index (χ4n) is 1.20. The number of ether oxygens (including phenoxy) is 2. The molecular formula is C6H4F6O3. The summed E-state index contributed by atoms with van der Waals surface area (Å²) in [6, 6.07) is 0. The number of carbonyl (C=O) groups excluding carboxylic acids is 1. The van der Waals surface area contributed by atoms with Gasteiger partial charge in [-0.25, -0.2) is 4.79 Å². The molecule has 0 amide bonds. The van der Waals surface area contributed by atoms with E-state index in [1.54, 1.807) is 0 Å². The predicted molar refractivity (Wildman–Crippen MR) is 31.9 cm³/mol. The van der Waals surface area contributed by atoms with Crippen LogP contribution >= 0.6 is 0 Å². The van der Waals surface area contributed by atoms with Crippen LogP contribution in [0.4, 0.5) is 31.1 Å². The molecule has 15 heavy (non-hydrogen) atoms. The van der Waals surface area contributed by atoms with Gasteiger partial charge in [-0.3, -0.25) is 0 Å². The van der Waals surface area contributed by atoms with Crippen molar-refractivity contribution in [2.75, 3.05) is 0 Å². The minimum absolute atomic E-state index is 0.464. The highest BCUT2D eigenvalue weighted by Gasteiger charge is 2.81. The summed E-state index contributed by atoms with van der Waals surface area (Å²) in [6.07, 6.45) is -16.0. The Kier molecular flexibility index (Phi) is 2.32. The Balaban J connectivity index is 3.27. The van der Waals surface area contributed by atoms with E-state index in [9.17, 15) is 31.1 Å². The first-order valence-electron chi connectivity index (χ1n) is 3.55. The standard InChI is InChI=1S/C6H4F6O3/c1-2-4(5(7,8)9,6(10,11)12)15-3(13)14-2/h2H,1H3. The number of carbonyl (C=O) groups is 1. The monoisotopic (exact) mass is 238 g/mol. The van der Waals surface area contributed by atoms with E-state index in [1.165, 1.54) is 0 Å². The normalized spacial score (nSPS) is 26.1. The molecule has 0 aromatic heterocycles. The van der Waals surface area contributed by atoms with Crippen LogP contribution in [0.15, 0.2) is 0 Å². The maximum Gasteiger partial charge on any atom is 0.510 e. The van der Waals surface area contributed by atoms with Crippen molar-refractivity contribution < 1.29 is 40.6 Å². The number of hydrogen-bond acceptors (Lipinski definition) is 3. The van der Waals surface area contributed by atoms with E-state index in [2.05, 4.69) is 9.47 Å². The molecule has 1 atom stereocenters. The van der Waals surface area contributed by atoms with Crippen LogP contribution in [0.2, 0.25) is 0 Å². The van der Waals surface area contributed by atoms with Crippen LogP contribution in [-0.4, -0.2) is 30.2 Å². The lowest BCUT2D eigenvalue weighted by Crippen LogP contribution is -2.62. The third-order valence-electron chi connectivity index (χ3n) is 1.93. The number of rotatable bonds is 0. The molecule has 1 rings (SSSR count). The molecule has 9 heteroatoms. The van der Waals surface area contributed by atoms with Crippen LogP contribution in [0.1, 0.15) is 6.92 Å². The third-order valence-corrected chi connectivity index (χ3v) is 1.93. The Morgan fingerprint density at radius 3 is 1.67 bits per heavy atom. The molecule has 88 valence electrons. The van der Waals surface area contributed by atoms with Crippen molar-refractivity contribution in [1.82, 2.24) is 0 Å². The van der Waals surface area contributed by atoms with E-state index in [4.69, 9.17) is 0 Å². The van der Waals surface area contributed by atoms with Crippen molar-refractivity contribution in [3.63, 3.8) is 0 Å². The minimum atomic E-state index is -5.78. The van der Waals surface area contributed by atoms with Crippen LogP contribution in [0.25, 0.3) is 0 Å². The molecule has 1 unspecified atom stereocenters. The number of alkyl halides is 6. The molecule has 0 N–H and O–H groups in total. The number of cyclic esters (lactones) is 2. The van der Waals surface area contributed by atoms with Crippen LogP contribution in [0, 0.1) is 0 Å². The Morgan fingerprint density at radius 1 is 1.13 bits per heavy atom. The van der Waals surface area contributed by atoms with Crippen LogP contribution in [0.5, 0.6) is 0 Å². The van der Waals surface area contributed by atoms with Gasteiger partial charge in [-0.15, -0.1) is 0 Å². The maximum absolute atomic E-state index is 12.3. The van der Waals surface area contributed by atoms with Gasteiger partial charge in [0.15, 0.2) is 6.10 Å². The molecule has 1 aliphatic rings. The molecule has 0 bridgehead atoms. The fraction of sp³-hybridized carbons (Fsp3) is 0.833. The molecule has 0 spiro atoms. The first kappa shape index (κ1) is 11.9. The summed E-state index contributed by atoms with van der Waals surface area (Å²) in [7, 11) is 0. The molecule has 1 heterocycles. The lowest BCUT2D eigenvalue weighted by Gasteiger charge is -2.32. The fourth-order valence-corrected chi connectivity index (χ4v) is 1.20. The summed E-state index contributed by atoms with van der Waals surface area (Å²) in [6.45, 7) is 0.464. The van der Waals surface area contributed by atoms with E-state index < -0.39 is 30.2 Å². The Morgan fingerprint density at radius 2 is 1.53 bits per heavy atom. The summed E-state index contributed by atoms with van der Waals surface area (Å²) in [5.41, 5.74) is -4.57. The summed E-state index contributed by atoms with van der Waals surface area (Å²) in [4.78, 5) is 10.3. The molecule has 0 aromatic carbocycles. The molecule has 0 radical (unpaired) electrons.